The molecule has 0 saturated heterocycles. The van der Waals surface area contributed by atoms with Crippen molar-refractivity contribution in [3.8, 4) is 5.75 Å². The zero-order chi connectivity index (χ0) is 21.4. The molecule has 0 radical (unpaired) electrons. The molecule has 30 heavy (non-hydrogen) atoms. The molecule has 0 atom stereocenters. The van der Waals surface area contributed by atoms with Crippen molar-refractivity contribution in [2.45, 2.75) is 31.2 Å². The Labute approximate surface area is 178 Å². The van der Waals surface area contributed by atoms with Crippen molar-refractivity contribution in [2.24, 2.45) is 10.9 Å². The van der Waals surface area contributed by atoms with Gasteiger partial charge in [-0.25, -0.2) is 13.1 Å². The lowest BCUT2D eigenvalue weighted by Gasteiger charge is -2.15. The number of hydrogen-bond donors (Lipinski definition) is 3. The third-order valence-electron chi connectivity index (χ3n) is 4.72. The van der Waals surface area contributed by atoms with Crippen molar-refractivity contribution in [3.05, 3.63) is 53.9 Å². The molecule has 1 aromatic heterocycles. The van der Waals surface area contributed by atoms with Crippen LogP contribution in [0, 0.1) is 12.8 Å². The second-order valence-corrected chi connectivity index (χ2v) is 9.07. The average molecular weight is 432 g/mol. The van der Waals surface area contributed by atoms with Gasteiger partial charge in [-0.1, -0.05) is 12.1 Å². The van der Waals surface area contributed by atoms with Crippen LogP contribution < -0.4 is 20.1 Å². The van der Waals surface area contributed by atoms with Crippen molar-refractivity contribution >= 4 is 16.0 Å². The number of aromatic nitrogens is 1. The highest BCUT2D eigenvalue weighted by Gasteiger charge is 2.22. The van der Waals surface area contributed by atoms with E-state index in [-0.39, 0.29) is 11.4 Å². The molecule has 0 spiro atoms. The molecule has 1 fully saturated rings. The lowest BCUT2D eigenvalue weighted by atomic mass is 10.1. The normalized spacial score (nSPS) is 14.4. The number of guanidine groups is 1. The Morgan fingerprint density at radius 3 is 2.77 bits per heavy atom. The minimum Gasteiger partial charge on any atom is -0.493 e. The Morgan fingerprint density at radius 1 is 1.23 bits per heavy atom. The maximum Gasteiger partial charge on any atom is 0.242 e. The van der Waals surface area contributed by atoms with E-state index < -0.39 is 10.0 Å². The number of benzene rings is 1. The van der Waals surface area contributed by atoms with E-state index in [2.05, 4.69) is 43.5 Å². The molecule has 0 aliphatic heterocycles. The Kier molecular flexibility index (Phi) is 7.64. The molecule has 1 aliphatic carbocycles. The van der Waals surface area contributed by atoms with Crippen LogP contribution in [0.5, 0.6) is 5.75 Å². The zero-order valence-corrected chi connectivity index (χ0v) is 18.2. The lowest BCUT2D eigenvalue weighted by Crippen LogP contribution is -2.41. The first-order valence-electron chi connectivity index (χ1n) is 10.0. The van der Waals surface area contributed by atoms with Crippen molar-refractivity contribution in [1.29, 1.82) is 0 Å². The third kappa shape index (κ3) is 6.70. The SMILES string of the molecule is CN=C(NCCNS(=O)(=O)c1cccnc1)NCc1ccc(C)cc1OCC1CC1. The van der Waals surface area contributed by atoms with Gasteiger partial charge in [-0.2, -0.15) is 0 Å². The van der Waals surface area contributed by atoms with E-state index in [0.717, 1.165) is 23.5 Å². The summed E-state index contributed by atoms with van der Waals surface area (Å²) in [6, 6.07) is 9.27. The number of aryl methyl sites for hydroxylation is 1. The maximum atomic E-state index is 12.2. The van der Waals surface area contributed by atoms with E-state index in [4.69, 9.17) is 4.74 Å². The summed E-state index contributed by atoms with van der Waals surface area (Å²) >= 11 is 0. The second kappa shape index (κ2) is 10.4. The van der Waals surface area contributed by atoms with E-state index in [1.165, 1.54) is 31.3 Å². The van der Waals surface area contributed by atoms with Gasteiger partial charge < -0.3 is 15.4 Å². The smallest absolute Gasteiger partial charge is 0.242 e. The lowest BCUT2D eigenvalue weighted by molar-refractivity contribution is 0.296. The topological polar surface area (TPSA) is 105 Å². The predicted octanol–water partition coefficient (Wildman–Crippen LogP) is 1.82. The van der Waals surface area contributed by atoms with Gasteiger partial charge in [0.1, 0.15) is 10.6 Å². The molecule has 8 nitrogen and oxygen atoms in total. The standard InChI is InChI=1S/C21H29N5O3S/c1-16-5-8-18(20(12-16)29-15-17-6-7-17)13-25-21(22-2)24-10-11-26-30(27,28)19-4-3-9-23-14-19/h3-5,8-9,12,14,17,26H,6-7,10-11,13,15H2,1-2H3,(H2,22,24,25). The summed E-state index contributed by atoms with van der Waals surface area (Å²) < 4.78 is 32.9. The summed E-state index contributed by atoms with van der Waals surface area (Å²) in [5, 5.41) is 6.36. The van der Waals surface area contributed by atoms with Crippen LogP contribution in [-0.4, -0.2) is 46.1 Å². The third-order valence-corrected chi connectivity index (χ3v) is 6.16. The van der Waals surface area contributed by atoms with Crippen LogP contribution >= 0.6 is 0 Å². The molecular weight excluding hydrogens is 402 g/mol. The number of nitrogens with one attached hydrogen (secondary N) is 3. The molecule has 3 rings (SSSR count). The average Bonchev–Trinajstić information content (AvgIpc) is 3.58. The number of pyridine rings is 1. The van der Waals surface area contributed by atoms with E-state index in [0.29, 0.717) is 25.0 Å². The molecule has 1 aromatic carbocycles. The van der Waals surface area contributed by atoms with Gasteiger partial charge in [-0.15, -0.1) is 0 Å². The Balaban J connectivity index is 1.46. The zero-order valence-electron chi connectivity index (χ0n) is 17.4. The quantitative estimate of drug-likeness (QED) is 0.301. The maximum absolute atomic E-state index is 12.2. The van der Waals surface area contributed by atoms with Gasteiger partial charge in [0, 0.05) is 44.6 Å². The summed E-state index contributed by atoms with van der Waals surface area (Å²) in [6.07, 6.45) is 5.36. The van der Waals surface area contributed by atoms with Crippen LogP contribution in [0.4, 0.5) is 0 Å². The van der Waals surface area contributed by atoms with Gasteiger partial charge in [0.15, 0.2) is 5.96 Å². The molecule has 3 N–H and O–H groups in total. The highest BCUT2D eigenvalue weighted by atomic mass is 32.2. The van der Waals surface area contributed by atoms with Gasteiger partial charge in [-0.05, 0) is 49.4 Å². The van der Waals surface area contributed by atoms with Crippen molar-refractivity contribution in [1.82, 2.24) is 20.3 Å². The first kappa shape index (κ1) is 22.0. The largest absolute Gasteiger partial charge is 0.493 e. The summed E-state index contributed by atoms with van der Waals surface area (Å²) in [4.78, 5) is 8.18. The van der Waals surface area contributed by atoms with Crippen LogP contribution in [0.2, 0.25) is 0 Å². The molecule has 1 saturated carbocycles. The molecule has 1 heterocycles. The number of aliphatic imine (C=N–C) groups is 1. The molecular formula is C21H29N5O3S. The second-order valence-electron chi connectivity index (χ2n) is 7.30. The fraction of sp³-hybridized carbons (Fsp3) is 0.429. The van der Waals surface area contributed by atoms with Gasteiger partial charge in [0.05, 0.1) is 6.61 Å². The molecule has 9 heteroatoms. The molecule has 162 valence electrons. The van der Waals surface area contributed by atoms with Crippen LogP contribution in [0.25, 0.3) is 0 Å². The van der Waals surface area contributed by atoms with Crippen molar-refractivity contribution < 1.29 is 13.2 Å². The highest BCUT2D eigenvalue weighted by molar-refractivity contribution is 7.89. The van der Waals surface area contributed by atoms with Gasteiger partial charge in [0.2, 0.25) is 10.0 Å². The Bertz CT molecular complexity index is 960. The summed E-state index contributed by atoms with van der Waals surface area (Å²) in [7, 11) is -1.89. The monoisotopic (exact) mass is 431 g/mol. The number of ether oxygens (including phenoxy) is 1. The number of sulfonamides is 1. The van der Waals surface area contributed by atoms with Gasteiger partial charge in [0.25, 0.3) is 0 Å². The predicted molar refractivity (Wildman–Crippen MR) is 117 cm³/mol. The summed E-state index contributed by atoms with van der Waals surface area (Å²) in [5.74, 6) is 2.18. The molecule has 2 aromatic rings. The first-order chi connectivity index (χ1) is 14.5. The van der Waals surface area contributed by atoms with E-state index >= 15 is 0 Å². The Hall–Kier alpha value is -2.65. The minimum atomic E-state index is -3.57. The summed E-state index contributed by atoms with van der Waals surface area (Å²) in [5.41, 5.74) is 2.22. The number of nitrogens with zero attached hydrogens (tertiary/aromatic N) is 2. The Morgan fingerprint density at radius 2 is 2.07 bits per heavy atom. The fourth-order valence-electron chi connectivity index (χ4n) is 2.79. The molecule has 0 amide bonds. The molecule has 1 aliphatic rings. The van der Waals surface area contributed by atoms with Crippen molar-refractivity contribution in [3.63, 3.8) is 0 Å². The molecule has 0 bridgehead atoms. The number of rotatable bonds is 10. The highest BCUT2D eigenvalue weighted by Crippen LogP contribution is 2.30. The fourth-order valence-corrected chi connectivity index (χ4v) is 3.78. The van der Waals surface area contributed by atoms with E-state index in [9.17, 15) is 8.42 Å². The number of hydrogen-bond acceptors (Lipinski definition) is 5. The van der Waals surface area contributed by atoms with Crippen LogP contribution in [0.1, 0.15) is 24.0 Å². The minimum absolute atomic E-state index is 0.144. The van der Waals surface area contributed by atoms with E-state index in [1.807, 2.05) is 6.92 Å². The van der Waals surface area contributed by atoms with Gasteiger partial charge >= 0.3 is 0 Å². The molecule has 0 unspecified atom stereocenters. The van der Waals surface area contributed by atoms with Crippen LogP contribution in [-0.2, 0) is 16.6 Å². The van der Waals surface area contributed by atoms with E-state index in [1.54, 1.807) is 13.1 Å². The van der Waals surface area contributed by atoms with Crippen molar-refractivity contribution in [2.75, 3.05) is 26.7 Å². The van der Waals surface area contributed by atoms with Gasteiger partial charge in [-0.3, -0.25) is 9.98 Å². The van der Waals surface area contributed by atoms with Crippen LogP contribution in [0.15, 0.2) is 52.6 Å². The first-order valence-corrected chi connectivity index (χ1v) is 11.5. The summed E-state index contributed by atoms with van der Waals surface area (Å²) in [6.45, 7) is 3.98. The van der Waals surface area contributed by atoms with Crippen LogP contribution in [0.3, 0.4) is 0 Å².